The van der Waals surface area contributed by atoms with Crippen molar-refractivity contribution in [1.82, 2.24) is 20.6 Å². The minimum Gasteiger partial charge on any atom is -0.306 e. The minimum absolute atomic E-state index is 0.140. The van der Waals surface area contributed by atoms with Crippen molar-refractivity contribution in [2.75, 3.05) is 6.54 Å². The van der Waals surface area contributed by atoms with E-state index in [-0.39, 0.29) is 17.6 Å². The third-order valence-electron chi connectivity index (χ3n) is 3.63. The van der Waals surface area contributed by atoms with Crippen molar-refractivity contribution in [3.63, 3.8) is 0 Å². The molecule has 1 atom stereocenters. The first-order valence-electron chi connectivity index (χ1n) is 7.30. The van der Waals surface area contributed by atoms with E-state index in [0.29, 0.717) is 10.7 Å². The highest BCUT2D eigenvalue weighted by Crippen LogP contribution is 2.20. The highest BCUT2D eigenvalue weighted by molar-refractivity contribution is 6.30. The zero-order valence-electron chi connectivity index (χ0n) is 12.3. The van der Waals surface area contributed by atoms with Gasteiger partial charge < -0.3 is 5.32 Å². The molecule has 1 saturated heterocycles. The predicted molar refractivity (Wildman–Crippen MR) is 86.0 cm³/mol. The number of halogens is 1. The number of rotatable bonds is 3. The zero-order chi connectivity index (χ0) is 16.2. The highest BCUT2D eigenvalue weighted by atomic mass is 35.5. The van der Waals surface area contributed by atoms with Gasteiger partial charge in [-0.1, -0.05) is 23.7 Å². The summed E-state index contributed by atoms with van der Waals surface area (Å²) in [6.45, 7) is 0.790. The van der Waals surface area contributed by atoms with Gasteiger partial charge in [-0.05, 0) is 37.6 Å². The Morgan fingerprint density at radius 2 is 2.13 bits per heavy atom. The number of carbonyl (C=O) groups is 2. The summed E-state index contributed by atoms with van der Waals surface area (Å²) in [5, 5.41) is 5.99. The van der Waals surface area contributed by atoms with E-state index in [1.54, 1.807) is 18.2 Å². The minimum atomic E-state index is -0.533. The van der Waals surface area contributed by atoms with E-state index >= 15 is 0 Å². The van der Waals surface area contributed by atoms with Crippen LogP contribution in [-0.4, -0.2) is 34.4 Å². The number of nitrogens with one attached hydrogen (secondary N) is 2. The molecule has 0 bridgehead atoms. The van der Waals surface area contributed by atoms with Crippen LogP contribution in [0, 0.1) is 0 Å². The van der Waals surface area contributed by atoms with Gasteiger partial charge in [-0.2, -0.15) is 0 Å². The molecule has 23 heavy (non-hydrogen) atoms. The van der Waals surface area contributed by atoms with Crippen LogP contribution in [0.25, 0.3) is 11.3 Å². The molecule has 1 aromatic carbocycles. The normalized spacial score (nSPS) is 17.0. The van der Waals surface area contributed by atoms with E-state index in [2.05, 4.69) is 20.6 Å². The molecular formula is C16H15ClN4O2. The lowest BCUT2D eigenvalue weighted by Gasteiger charge is -2.10. The third-order valence-corrected chi connectivity index (χ3v) is 3.87. The van der Waals surface area contributed by atoms with Crippen LogP contribution in [0.3, 0.4) is 0 Å². The summed E-state index contributed by atoms with van der Waals surface area (Å²) in [5.41, 5.74) is 1.48. The summed E-state index contributed by atoms with van der Waals surface area (Å²) in [6.07, 6.45) is 2.96. The number of hydrogen-bond acceptors (Lipinski definition) is 5. The second-order valence-corrected chi connectivity index (χ2v) is 5.70. The van der Waals surface area contributed by atoms with Crippen molar-refractivity contribution in [2.24, 2.45) is 0 Å². The molecule has 1 fully saturated rings. The average molecular weight is 331 g/mol. The maximum absolute atomic E-state index is 12.2. The smallest absolute Gasteiger partial charge is 0.276 e. The van der Waals surface area contributed by atoms with Crippen molar-refractivity contribution in [1.29, 1.82) is 0 Å². The molecule has 0 saturated carbocycles. The monoisotopic (exact) mass is 330 g/mol. The lowest BCUT2D eigenvalue weighted by molar-refractivity contribution is -0.121. The molecule has 0 radical (unpaired) electrons. The van der Waals surface area contributed by atoms with Crippen LogP contribution in [0.5, 0.6) is 0 Å². The fraction of sp³-hybridized carbons (Fsp3) is 0.250. The third kappa shape index (κ3) is 3.72. The Hall–Kier alpha value is -2.31. The Morgan fingerprint density at radius 1 is 1.26 bits per heavy atom. The van der Waals surface area contributed by atoms with Gasteiger partial charge in [-0.25, -0.2) is 9.97 Å². The Kier molecular flexibility index (Phi) is 4.64. The van der Waals surface area contributed by atoms with E-state index in [1.807, 2.05) is 6.07 Å². The summed E-state index contributed by atoms with van der Waals surface area (Å²) < 4.78 is 0. The summed E-state index contributed by atoms with van der Waals surface area (Å²) in [7, 11) is 0. The second kappa shape index (κ2) is 6.85. The molecule has 0 unspecified atom stereocenters. The van der Waals surface area contributed by atoms with Crippen molar-refractivity contribution in [2.45, 2.75) is 18.9 Å². The number of nitrogens with zero attached hydrogens (tertiary/aromatic N) is 2. The maximum atomic E-state index is 12.2. The molecule has 118 valence electrons. The van der Waals surface area contributed by atoms with E-state index in [4.69, 9.17) is 11.6 Å². The molecule has 0 aliphatic carbocycles. The molecule has 2 amide bonds. The zero-order valence-corrected chi connectivity index (χ0v) is 13.0. The molecule has 1 aromatic heterocycles. The number of benzene rings is 1. The Balaban J connectivity index is 1.76. The molecule has 2 aromatic rings. The van der Waals surface area contributed by atoms with Gasteiger partial charge in [-0.3, -0.25) is 14.9 Å². The second-order valence-electron chi connectivity index (χ2n) is 5.27. The molecule has 7 heteroatoms. The van der Waals surface area contributed by atoms with Crippen molar-refractivity contribution in [3.05, 3.63) is 47.4 Å². The van der Waals surface area contributed by atoms with Gasteiger partial charge in [0.15, 0.2) is 0 Å². The molecule has 2 N–H and O–H groups in total. The number of imide groups is 1. The van der Waals surface area contributed by atoms with Crippen LogP contribution in [0.1, 0.15) is 23.3 Å². The Labute approximate surface area is 138 Å². The van der Waals surface area contributed by atoms with Gasteiger partial charge in [-0.15, -0.1) is 0 Å². The largest absolute Gasteiger partial charge is 0.306 e. The van der Waals surface area contributed by atoms with Crippen molar-refractivity contribution >= 4 is 23.4 Å². The maximum Gasteiger partial charge on any atom is 0.276 e. The summed E-state index contributed by atoms with van der Waals surface area (Å²) >= 11 is 5.96. The van der Waals surface area contributed by atoms with Crippen LogP contribution < -0.4 is 10.6 Å². The van der Waals surface area contributed by atoms with Gasteiger partial charge in [0.2, 0.25) is 5.91 Å². The first kappa shape index (κ1) is 15.6. The molecule has 6 nitrogen and oxygen atoms in total. The van der Waals surface area contributed by atoms with Crippen LogP contribution in [0.4, 0.5) is 0 Å². The molecule has 3 rings (SSSR count). The summed E-state index contributed by atoms with van der Waals surface area (Å²) in [4.78, 5) is 32.2. The number of aromatic nitrogens is 2. The number of hydrogen-bond donors (Lipinski definition) is 2. The quantitative estimate of drug-likeness (QED) is 0.838. The van der Waals surface area contributed by atoms with Crippen LogP contribution in [0.15, 0.2) is 36.7 Å². The Bertz CT molecular complexity index is 744. The van der Waals surface area contributed by atoms with Crippen LogP contribution in [0.2, 0.25) is 5.02 Å². The fourth-order valence-electron chi connectivity index (χ4n) is 2.46. The van der Waals surface area contributed by atoms with Gasteiger partial charge >= 0.3 is 0 Å². The topological polar surface area (TPSA) is 84.0 Å². The first-order chi connectivity index (χ1) is 11.1. The van der Waals surface area contributed by atoms with E-state index < -0.39 is 5.91 Å². The molecule has 0 spiro atoms. The van der Waals surface area contributed by atoms with Crippen LogP contribution in [-0.2, 0) is 4.79 Å². The number of carbonyl (C=O) groups excluding carboxylic acids is 2. The van der Waals surface area contributed by atoms with E-state index in [1.165, 1.54) is 12.4 Å². The molecule has 1 aliphatic heterocycles. The number of amides is 2. The van der Waals surface area contributed by atoms with E-state index in [9.17, 15) is 9.59 Å². The van der Waals surface area contributed by atoms with Crippen molar-refractivity contribution < 1.29 is 9.59 Å². The van der Waals surface area contributed by atoms with Gasteiger partial charge in [0.25, 0.3) is 5.91 Å². The van der Waals surface area contributed by atoms with Gasteiger partial charge in [0.05, 0.1) is 11.7 Å². The Morgan fingerprint density at radius 3 is 2.87 bits per heavy atom. The molecular weight excluding hydrogens is 316 g/mol. The lowest BCUT2D eigenvalue weighted by atomic mass is 10.1. The van der Waals surface area contributed by atoms with Crippen molar-refractivity contribution in [3.8, 4) is 11.3 Å². The van der Waals surface area contributed by atoms with Crippen LogP contribution >= 0.6 is 11.6 Å². The van der Waals surface area contributed by atoms with Gasteiger partial charge in [0.1, 0.15) is 12.0 Å². The highest BCUT2D eigenvalue weighted by Gasteiger charge is 2.24. The SMILES string of the molecule is O=C(NC(=O)[C@H]1CCCN1)c1cc(-c2cccc(Cl)c2)ncn1. The summed E-state index contributed by atoms with van der Waals surface area (Å²) in [5.74, 6) is -0.857. The fourth-order valence-corrected chi connectivity index (χ4v) is 2.65. The first-order valence-corrected chi connectivity index (χ1v) is 7.68. The van der Waals surface area contributed by atoms with E-state index in [0.717, 1.165) is 24.9 Å². The standard InChI is InChI=1S/C16H15ClN4O2/c17-11-4-1-3-10(7-11)13-8-14(20-9-19-13)16(23)21-15(22)12-5-2-6-18-12/h1,3-4,7-9,12,18H,2,5-6H2,(H,21,22,23)/t12-/m1/s1. The van der Waals surface area contributed by atoms with Gasteiger partial charge in [0, 0.05) is 10.6 Å². The summed E-state index contributed by atoms with van der Waals surface area (Å²) in [6, 6.07) is 8.37. The lowest BCUT2D eigenvalue weighted by Crippen LogP contribution is -2.43. The predicted octanol–water partition coefficient (Wildman–Crippen LogP) is 1.81. The molecule has 1 aliphatic rings. The average Bonchev–Trinajstić information content (AvgIpc) is 3.09. The molecule has 2 heterocycles.